The second kappa shape index (κ2) is 7.57. The second-order valence-corrected chi connectivity index (χ2v) is 6.00. The van der Waals surface area contributed by atoms with Crippen LogP contribution < -0.4 is 10.1 Å². The van der Waals surface area contributed by atoms with Crippen molar-refractivity contribution in [3.63, 3.8) is 0 Å². The average molecular weight is 349 g/mol. The number of pyridine rings is 1. The molecule has 0 aliphatic carbocycles. The third-order valence-corrected chi connectivity index (χ3v) is 3.76. The summed E-state index contributed by atoms with van der Waals surface area (Å²) in [6, 6.07) is 9.96. The molecule has 0 saturated carbocycles. The van der Waals surface area contributed by atoms with E-state index >= 15 is 0 Å². The summed E-state index contributed by atoms with van der Waals surface area (Å²) in [6.45, 7) is 8.08. The van der Waals surface area contributed by atoms with E-state index in [0.717, 1.165) is 41.0 Å². The Bertz CT molecular complexity index is 614. The van der Waals surface area contributed by atoms with Crippen LogP contribution in [-0.2, 0) is 6.54 Å². The molecule has 0 bridgehead atoms. The Morgan fingerprint density at radius 1 is 1.19 bits per heavy atom. The van der Waals surface area contributed by atoms with Gasteiger partial charge in [-0.2, -0.15) is 0 Å². The van der Waals surface area contributed by atoms with Crippen molar-refractivity contribution in [1.29, 1.82) is 0 Å². The fraction of sp³-hybridized carbons (Fsp3) is 0.353. The summed E-state index contributed by atoms with van der Waals surface area (Å²) in [7, 11) is 0. The van der Waals surface area contributed by atoms with Gasteiger partial charge in [0.2, 0.25) is 5.88 Å². The molecule has 0 amide bonds. The van der Waals surface area contributed by atoms with Crippen LogP contribution in [0.1, 0.15) is 30.2 Å². The molecule has 1 aromatic carbocycles. The van der Waals surface area contributed by atoms with E-state index in [9.17, 15) is 0 Å². The maximum absolute atomic E-state index is 5.87. The summed E-state index contributed by atoms with van der Waals surface area (Å²) in [5.74, 6) is 1.47. The van der Waals surface area contributed by atoms with Crippen LogP contribution in [0.25, 0.3) is 0 Å². The number of benzene rings is 1. The Balaban J connectivity index is 2.09. The lowest BCUT2D eigenvalue weighted by Gasteiger charge is -2.11. The number of rotatable bonds is 6. The van der Waals surface area contributed by atoms with Crippen LogP contribution >= 0.6 is 15.9 Å². The molecule has 0 unspecified atom stereocenters. The van der Waals surface area contributed by atoms with Crippen molar-refractivity contribution in [2.45, 2.75) is 33.7 Å². The van der Waals surface area contributed by atoms with Gasteiger partial charge in [-0.15, -0.1) is 0 Å². The summed E-state index contributed by atoms with van der Waals surface area (Å²) >= 11 is 3.45. The first-order chi connectivity index (χ1) is 10.1. The number of ether oxygens (including phenoxy) is 1. The SMILES string of the molecule is CCCNCc1ccc(Oc2ccc(Br)cc2C)nc1C. The van der Waals surface area contributed by atoms with Gasteiger partial charge in [0.15, 0.2) is 0 Å². The maximum atomic E-state index is 5.87. The third kappa shape index (κ3) is 4.55. The number of nitrogens with zero attached hydrogens (tertiary/aromatic N) is 1. The Kier molecular flexibility index (Phi) is 5.76. The van der Waals surface area contributed by atoms with E-state index in [1.165, 1.54) is 5.56 Å². The number of hydrogen-bond acceptors (Lipinski definition) is 3. The van der Waals surface area contributed by atoms with Gasteiger partial charge in [-0.1, -0.05) is 28.9 Å². The zero-order valence-electron chi connectivity index (χ0n) is 12.7. The molecule has 2 aromatic rings. The van der Waals surface area contributed by atoms with E-state index in [1.807, 2.05) is 38.1 Å². The second-order valence-electron chi connectivity index (χ2n) is 5.08. The summed E-state index contributed by atoms with van der Waals surface area (Å²) in [6.07, 6.45) is 1.14. The predicted octanol–water partition coefficient (Wildman–Crippen LogP) is 4.75. The zero-order chi connectivity index (χ0) is 15.2. The quantitative estimate of drug-likeness (QED) is 0.764. The van der Waals surface area contributed by atoms with E-state index < -0.39 is 0 Å². The van der Waals surface area contributed by atoms with Crippen molar-refractivity contribution in [3.05, 3.63) is 51.6 Å². The van der Waals surface area contributed by atoms with Crippen molar-refractivity contribution in [2.75, 3.05) is 6.54 Å². The average Bonchev–Trinajstić information content (AvgIpc) is 2.44. The Hall–Kier alpha value is -1.39. The predicted molar refractivity (Wildman–Crippen MR) is 89.9 cm³/mol. The lowest BCUT2D eigenvalue weighted by atomic mass is 10.2. The molecular formula is C17H21BrN2O. The number of aryl methyl sites for hydroxylation is 2. The summed E-state index contributed by atoms with van der Waals surface area (Å²) in [4.78, 5) is 4.54. The fourth-order valence-electron chi connectivity index (χ4n) is 2.05. The van der Waals surface area contributed by atoms with Gasteiger partial charge in [0, 0.05) is 22.8 Å². The van der Waals surface area contributed by atoms with E-state index in [0.29, 0.717) is 5.88 Å². The minimum Gasteiger partial charge on any atom is -0.439 e. The first kappa shape index (κ1) is 16.0. The minimum atomic E-state index is 0.636. The van der Waals surface area contributed by atoms with Crippen LogP contribution in [0, 0.1) is 13.8 Å². The molecule has 0 aliphatic rings. The van der Waals surface area contributed by atoms with E-state index in [1.54, 1.807) is 0 Å². The molecule has 0 spiro atoms. The first-order valence-corrected chi connectivity index (χ1v) is 8.00. The van der Waals surface area contributed by atoms with E-state index in [2.05, 4.69) is 39.2 Å². The third-order valence-electron chi connectivity index (χ3n) is 3.26. The fourth-order valence-corrected chi connectivity index (χ4v) is 2.53. The number of hydrogen-bond donors (Lipinski definition) is 1. The van der Waals surface area contributed by atoms with Gasteiger partial charge >= 0.3 is 0 Å². The maximum Gasteiger partial charge on any atom is 0.219 e. The molecule has 112 valence electrons. The zero-order valence-corrected chi connectivity index (χ0v) is 14.3. The van der Waals surface area contributed by atoms with Crippen molar-refractivity contribution in [3.8, 4) is 11.6 Å². The highest BCUT2D eigenvalue weighted by Crippen LogP contribution is 2.26. The molecule has 0 saturated heterocycles. The molecule has 0 radical (unpaired) electrons. The molecule has 21 heavy (non-hydrogen) atoms. The molecule has 4 heteroatoms. The van der Waals surface area contributed by atoms with Gasteiger partial charge in [-0.05, 0) is 56.1 Å². The first-order valence-electron chi connectivity index (χ1n) is 7.21. The molecule has 1 N–H and O–H groups in total. The molecule has 3 nitrogen and oxygen atoms in total. The highest BCUT2D eigenvalue weighted by atomic mass is 79.9. The number of nitrogens with one attached hydrogen (secondary N) is 1. The van der Waals surface area contributed by atoms with Crippen molar-refractivity contribution in [2.24, 2.45) is 0 Å². The van der Waals surface area contributed by atoms with Gasteiger partial charge in [0.05, 0.1) is 0 Å². The van der Waals surface area contributed by atoms with Crippen LogP contribution in [0.15, 0.2) is 34.8 Å². The van der Waals surface area contributed by atoms with Crippen LogP contribution in [0.3, 0.4) is 0 Å². The van der Waals surface area contributed by atoms with Crippen LogP contribution in [0.5, 0.6) is 11.6 Å². The van der Waals surface area contributed by atoms with E-state index in [-0.39, 0.29) is 0 Å². The van der Waals surface area contributed by atoms with Crippen LogP contribution in [0.4, 0.5) is 0 Å². The molecule has 0 atom stereocenters. The van der Waals surface area contributed by atoms with Crippen LogP contribution in [-0.4, -0.2) is 11.5 Å². The standard InChI is InChI=1S/C17H21BrN2O/c1-4-9-19-11-14-5-8-17(20-13(14)3)21-16-7-6-15(18)10-12(16)2/h5-8,10,19H,4,9,11H2,1-3H3. The molecule has 1 aromatic heterocycles. The minimum absolute atomic E-state index is 0.636. The lowest BCUT2D eigenvalue weighted by molar-refractivity contribution is 0.457. The molecule has 0 aliphatic heterocycles. The Labute approximate surface area is 134 Å². The largest absolute Gasteiger partial charge is 0.439 e. The highest BCUT2D eigenvalue weighted by Gasteiger charge is 2.06. The van der Waals surface area contributed by atoms with Crippen molar-refractivity contribution in [1.82, 2.24) is 10.3 Å². The van der Waals surface area contributed by atoms with Gasteiger partial charge in [0.1, 0.15) is 5.75 Å². The van der Waals surface area contributed by atoms with Gasteiger partial charge in [-0.25, -0.2) is 4.98 Å². The van der Waals surface area contributed by atoms with Crippen molar-refractivity contribution < 1.29 is 4.74 Å². The normalized spacial score (nSPS) is 10.7. The van der Waals surface area contributed by atoms with Crippen LogP contribution in [0.2, 0.25) is 0 Å². The smallest absolute Gasteiger partial charge is 0.219 e. The van der Waals surface area contributed by atoms with Crippen molar-refractivity contribution >= 4 is 15.9 Å². The summed E-state index contributed by atoms with van der Waals surface area (Å²) in [5.41, 5.74) is 3.30. The number of aromatic nitrogens is 1. The van der Waals surface area contributed by atoms with Gasteiger partial charge in [0.25, 0.3) is 0 Å². The summed E-state index contributed by atoms with van der Waals surface area (Å²) in [5, 5.41) is 3.39. The molecule has 2 rings (SSSR count). The topological polar surface area (TPSA) is 34.1 Å². The van der Waals surface area contributed by atoms with Gasteiger partial charge < -0.3 is 10.1 Å². The Morgan fingerprint density at radius 3 is 2.67 bits per heavy atom. The Morgan fingerprint density at radius 2 is 2.00 bits per heavy atom. The number of halogens is 1. The van der Waals surface area contributed by atoms with E-state index in [4.69, 9.17) is 4.74 Å². The molecular weight excluding hydrogens is 328 g/mol. The highest BCUT2D eigenvalue weighted by molar-refractivity contribution is 9.10. The molecule has 0 fully saturated rings. The molecule has 1 heterocycles. The summed E-state index contributed by atoms with van der Waals surface area (Å²) < 4.78 is 6.92. The van der Waals surface area contributed by atoms with Gasteiger partial charge in [-0.3, -0.25) is 0 Å². The lowest BCUT2D eigenvalue weighted by Crippen LogP contribution is -2.15. The monoisotopic (exact) mass is 348 g/mol.